The second-order valence-corrected chi connectivity index (χ2v) is 8.49. The minimum atomic E-state index is 0.690. The third-order valence-corrected chi connectivity index (χ3v) is 6.30. The van der Waals surface area contributed by atoms with Crippen molar-refractivity contribution in [2.24, 2.45) is 10.2 Å². The van der Waals surface area contributed by atoms with E-state index in [1.807, 2.05) is 47.1 Å². The fraction of sp³-hybridized carbons (Fsp3) is 0.125. The van der Waals surface area contributed by atoms with Crippen LogP contribution < -0.4 is 4.80 Å². The van der Waals surface area contributed by atoms with Crippen LogP contribution >= 0.6 is 22.9 Å². The molecule has 0 saturated heterocycles. The molecule has 4 aromatic rings. The molecule has 1 aliphatic carbocycles. The summed E-state index contributed by atoms with van der Waals surface area (Å²) in [6.45, 7) is 0. The quantitative estimate of drug-likeness (QED) is 0.373. The van der Waals surface area contributed by atoms with Gasteiger partial charge in [-0.2, -0.15) is 10.2 Å². The van der Waals surface area contributed by atoms with E-state index in [0.717, 1.165) is 46.0 Å². The van der Waals surface area contributed by atoms with E-state index in [-0.39, 0.29) is 0 Å². The summed E-state index contributed by atoms with van der Waals surface area (Å²) in [5, 5.41) is 15.7. The fourth-order valence-electron chi connectivity index (χ4n) is 3.60. The molecule has 0 aliphatic heterocycles. The van der Waals surface area contributed by atoms with E-state index in [1.54, 1.807) is 0 Å². The van der Waals surface area contributed by atoms with Gasteiger partial charge in [-0.25, -0.2) is 4.68 Å². The first kappa shape index (κ1) is 19.0. The molecule has 0 bridgehead atoms. The van der Waals surface area contributed by atoms with E-state index in [4.69, 9.17) is 16.7 Å². The minimum absolute atomic E-state index is 0.690. The molecule has 0 saturated carbocycles. The lowest BCUT2D eigenvalue weighted by Gasteiger charge is -2.16. The Kier molecular flexibility index (Phi) is 5.30. The number of rotatable bonds is 3. The van der Waals surface area contributed by atoms with Gasteiger partial charge in [-0.05, 0) is 49.1 Å². The molecule has 148 valence electrons. The van der Waals surface area contributed by atoms with Crippen molar-refractivity contribution in [1.82, 2.24) is 9.78 Å². The van der Waals surface area contributed by atoms with Crippen LogP contribution in [0.15, 0.2) is 89.1 Å². The van der Waals surface area contributed by atoms with Crippen LogP contribution in [-0.2, 0) is 6.42 Å². The van der Waals surface area contributed by atoms with E-state index in [0.29, 0.717) is 5.02 Å². The van der Waals surface area contributed by atoms with Crippen LogP contribution in [0, 0.1) is 0 Å². The Labute approximate surface area is 183 Å². The highest BCUT2D eigenvalue weighted by molar-refractivity contribution is 7.12. The van der Waals surface area contributed by atoms with Gasteiger partial charge in [0.15, 0.2) is 0 Å². The van der Waals surface area contributed by atoms with Gasteiger partial charge in [0.25, 0.3) is 0 Å². The molecule has 4 nitrogen and oxygen atoms in total. The average molecular weight is 431 g/mol. The van der Waals surface area contributed by atoms with Crippen LogP contribution in [0.5, 0.6) is 0 Å². The maximum absolute atomic E-state index is 6.08. The van der Waals surface area contributed by atoms with Gasteiger partial charge in [0.2, 0.25) is 4.80 Å². The molecule has 0 atom stereocenters. The van der Waals surface area contributed by atoms with Gasteiger partial charge in [0, 0.05) is 16.1 Å². The zero-order valence-corrected chi connectivity index (χ0v) is 17.8. The smallest absolute Gasteiger partial charge is 0.203 e. The number of fused-ring (bicyclic) bond motifs is 1. The number of aryl methyl sites for hydroxylation is 1. The largest absolute Gasteiger partial charge is 0.233 e. The van der Waals surface area contributed by atoms with E-state index in [1.165, 1.54) is 22.5 Å². The first-order valence-electron chi connectivity index (χ1n) is 9.88. The molecule has 0 spiro atoms. The van der Waals surface area contributed by atoms with Crippen molar-refractivity contribution in [3.8, 4) is 16.3 Å². The van der Waals surface area contributed by atoms with Crippen LogP contribution in [-0.4, -0.2) is 15.5 Å². The maximum Gasteiger partial charge on any atom is 0.233 e. The summed E-state index contributed by atoms with van der Waals surface area (Å²) in [5.41, 5.74) is 5.55. The van der Waals surface area contributed by atoms with Gasteiger partial charge >= 0.3 is 0 Å². The van der Waals surface area contributed by atoms with Crippen LogP contribution in [0.25, 0.3) is 16.3 Å². The highest BCUT2D eigenvalue weighted by Crippen LogP contribution is 2.23. The van der Waals surface area contributed by atoms with Crippen molar-refractivity contribution < 1.29 is 0 Å². The number of hydrogen-bond donors (Lipinski definition) is 0. The molecule has 1 heterocycles. The van der Waals surface area contributed by atoms with Crippen molar-refractivity contribution >= 4 is 28.6 Å². The van der Waals surface area contributed by atoms with E-state index < -0.39 is 0 Å². The lowest BCUT2D eigenvalue weighted by molar-refractivity contribution is 0.812. The third kappa shape index (κ3) is 3.86. The van der Waals surface area contributed by atoms with Gasteiger partial charge in [-0.3, -0.25) is 0 Å². The first-order valence-corrected chi connectivity index (χ1v) is 11.1. The molecular weight excluding hydrogens is 412 g/mol. The molecule has 0 radical (unpaired) electrons. The maximum atomic E-state index is 6.08. The Morgan fingerprint density at radius 3 is 2.43 bits per heavy atom. The summed E-state index contributed by atoms with van der Waals surface area (Å²) >= 11 is 7.60. The van der Waals surface area contributed by atoms with Gasteiger partial charge in [-0.1, -0.05) is 77.5 Å². The molecule has 0 amide bonds. The van der Waals surface area contributed by atoms with Crippen LogP contribution in [0.4, 0.5) is 0 Å². The van der Waals surface area contributed by atoms with Gasteiger partial charge in [0.05, 0.1) is 11.4 Å². The summed E-state index contributed by atoms with van der Waals surface area (Å²) < 4.78 is 1.84. The van der Waals surface area contributed by atoms with E-state index in [9.17, 15) is 0 Å². The molecular formula is C24H19ClN4S. The number of nitrogens with zero attached hydrogens (tertiary/aromatic N) is 4. The van der Waals surface area contributed by atoms with Crippen molar-refractivity contribution in [2.75, 3.05) is 0 Å². The molecule has 30 heavy (non-hydrogen) atoms. The number of aromatic nitrogens is 2. The number of hydrogen-bond acceptors (Lipinski definition) is 4. The third-order valence-electron chi connectivity index (χ3n) is 5.10. The molecule has 3 aromatic carbocycles. The van der Waals surface area contributed by atoms with E-state index >= 15 is 0 Å². The average Bonchev–Trinajstić information content (AvgIpc) is 3.23. The normalized spacial score (nSPS) is 15.4. The first-order chi connectivity index (χ1) is 14.8. The number of halogens is 1. The highest BCUT2D eigenvalue weighted by atomic mass is 35.5. The van der Waals surface area contributed by atoms with Crippen molar-refractivity contribution in [3.63, 3.8) is 0 Å². The van der Waals surface area contributed by atoms with Crippen molar-refractivity contribution in [2.45, 2.75) is 19.3 Å². The molecule has 0 fully saturated rings. The topological polar surface area (TPSA) is 42.5 Å². The van der Waals surface area contributed by atoms with Crippen molar-refractivity contribution in [1.29, 1.82) is 0 Å². The minimum Gasteiger partial charge on any atom is -0.203 e. The van der Waals surface area contributed by atoms with Gasteiger partial charge in [0.1, 0.15) is 5.01 Å². The second-order valence-electron chi connectivity index (χ2n) is 7.10. The molecule has 1 aromatic heterocycles. The molecule has 6 heteroatoms. The Morgan fingerprint density at radius 2 is 1.60 bits per heavy atom. The van der Waals surface area contributed by atoms with Gasteiger partial charge in [-0.15, -0.1) is 5.10 Å². The predicted molar refractivity (Wildman–Crippen MR) is 123 cm³/mol. The molecule has 0 unspecified atom stereocenters. The van der Waals surface area contributed by atoms with E-state index in [2.05, 4.69) is 46.6 Å². The molecule has 5 rings (SSSR count). The Hall–Kier alpha value is -3.02. The summed E-state index contributed by atoms with van der Waals surface area (Å²) in [7, 11) is 0. The second kappa shape index (κ2) is 8.38. The Morgan fingerprint density at radius 1 is 0.833 bits per heavy atom. The Bertz CT molecular complexity index is 1270. The summed E-state index contributed by atoms with van der Waals surface area (Å²) in [5.74, 6) is 0. The monoisotopic (exact) mass is 430 g/mol. The Balaban J connectivity index is 1.64. The fourth-order valence-corrected chi connectivity index (χ4v) is 4.59. The standard InChI is InChI=1S/C24H19ClN4S/c25-19-13-15-20(16-14-19)29-24(30-23(28-29)18-8-2-1-3-9-18)27-26-22-12-6-10-17-7-4-5-11-21(17)22/h1-5,7-9,11,13-16H,6,10,12H2/b26-22+,27-24+. The summed E-state index contributed by atoms with van der Waals surface area (Å²) in [6, 6.07) is 26.2. The van der Waals surface area contributed by atoms with Crippen LogP contribution in [0.1, 0.15) is 24.0 Å². The molecule has 1 aliphatic rings. The molecule has 0 N–H and O–H groups in total. The highest BCUT2D eigenvalue weighted by Gasteiger charge is 2.15. The summed E-state index contributed by atoms with van der Waals surface area (Å²) in [4.78, 5) is 0.728. The predicted octanol–water partition coefficient (Wildman–Crippen LogP) is 5.90. The number of benzene rings is 3. The zero-order valence-electron chi connectivity index (χ0n) is 16.2. The zero-order chi connectivity index (χ0) is 20.3. The van der Waals surface area contributed by atoms with Gasteiger partial charge < -0.3 is 0 Å². The lowest BCUT2D eigenvalue weighted by atomic mass is 9.90. The van der Waals surface area contributed by atoms with Crippen LogP contribution in [0.2, 0.25) is 5.02 Å². The lowest BCUT2D eigenvalue weighted by Crippen LogP contribution is -2.15. The van der Waals surface area contributed by atoms with Crippen molar-refractivity contribution in [3.05, 3.63) is 99.8 Å². The van der Waals surface area contributed by atoms with Crippen LogP contribution in [0.3, 0.4) is 0 Å². The SMILES string of the molecule is Clc1ccc(-n2nc(-c3ccccc3)s/c2=N/N=C2\CCCc3ccccc32)cc1. The summed E-state index contributed by atoms with van der Waals surface area (Å²) in [6.07, 6.45) is 3.13.